The summed E-state index contributed by atoms with van der Waals surface area (Å²) in [7, 11) is 0. The van der Waals surface area contributed by atoms with Crippen molar-refractivity contribution >= 4 is 5.95 Å². The average molecular weight is 237 g/mol. The molecule has 0 unspecified atom stereocenters. The molecular weight excluding hydrogens is 214 g/mol. The van der Waals surface area contributed by atoms with E-state index in [0.29, 0.717) is 18.3 Å². The van der Waals surface area contributed by atoms with E-state index in [0.717, 1.165) is 11.4 Å². The summed E-state index contributed by atoms with van der Waals surface area (Å²) in [6, 6.07) is 2.01. The molecule has 96 valence electrons. The minimum Gasteiger partial charge on any atom is -0.396 e. The molecule has 0 amide bonds. The molecule has 1 aromatic rings. The second-order valence-electron chi connectivity index (χ2n) is 5.39. The molecule has 0 saturated carbocycles. The van der Waals surface area contributed by atoms with Crippen molar-refractivity contribution in [2.75, 3.05) is 11.9 Å². The number of aliphatic hydroxyl groups excluding tert-OH is 1. The highest BCUT2D eigenvalue weighted by Crippen LogP contribution is 2.18. The van der Waals surface area contributed by atoms with E-state index in [1.165, 1.54) is 0 Å². The number of aliphatic hydroxyl groups is 1. The molecule has 0 saturated heterocycles. The molecule has 0 fully saturated rings. The van der Waals surface area contributed by atoms with Gasteiger partial charge in [-0.2, -0.15) is 0 Å². The first-order valence-electron chi connectivity index (χ1n) is 6.08. The Kier molecular flexibility index (Phi) is 4.46. The SMILES string of the molecule is Cc1cc(C(C)C)nc(NC(C)(C)CCO)n1. The van der Waals surface area contributed by atoms with E-state index in [1.54, 1.807) is 0 Å². The molecule has 0 atom stereocenters. The molecule has 17 heavy (non-hydrogen) atoms. The van der Waals surface area contributed by atoms with Crippen molar-refractivity contribution in [2.24, 2.45) is 0 Å². The molecular formula is C13H23N3O. The number of aryl methyl sites for hydroxylation is 1. The Hall–Kier alpha value is -1.16. The van der Waals surface area contributed by atoms with E-state index in [4.69, 9.17) is 5.11 Å². The van der Waals surface area contributed by atoms with Gasteiger partial charge in [0.1, 0.15) is 0 Å². The molecule has 1 heterocycles. The third-order valence-corrected chi connectivity index (χ3v) is 2.65. The van der Waals surface area contributed by atoms with Gasteiger partial charge in [-0.1, -0.05) is 13.8 Å². The Morgan fingerprint density at radius 3 is 2.53 bits per heavy atom. The Morgan fingerprint density at radius 1 is 1.35 bits per heavy atom. The lowest BCUT2D eigenvalue weighted by Crippen LogP contribution is -2.33. The summed E-state index contributed by atoms with van der Waals surface area (Å²) in [5.41, 5.74) is 1.81. The van der Waals surface area contributed by atoms with E-state index in [-0.39, 0.29) is 12.1 Å². The molecule has 0 aliphatic heterocycles. The van der Waals surface area contributed by atoms with Gasteiger partial charge in [0.2, 0.25) is 5.95 Å². The van der Waals surface area contributed by atoms with Crippen LogP contribution >= 0.6 is 0 Å². The van der Waals surface area contributed by atoms with Crippen molar-refractivity contribution in [3.63, 3.8) is 0 Å². The predicted octanol–water partition coefficient (Wildman–Crippen LogP) is 2.48. The molecule has 0 radical (unpaired) electrons. The Bertz CT molecular complexity index is 375. The van der Waals surface area contributed by atoms with Gasteiger partial charge in [-0.15, -0.1) is 0 Å². The van der Waals surface area contributed by atoms with Crippen LogP contribution in [0.4, 0.5) is 5.95 Å². The molecule has 0 aliphatic carbocycles. The van der Waals surface area contributed by atoms with Crippen LogP contribution in [-0.4, -0.2) is 27.2 Å². The van der Waals surface area contributed by atoms with E-state index >= 15 is 0 Å². The number of hydrogen-bond acceptors (Lipinski definition) is 4. The fourth-order valence-electron chi connectivity index (χ4n) is 1.59. The van der Waals surface area contributed by atoms with Gasteiger partial charge >= 0.3 is 0 Å². The topological polar surface area (TPSA) is 58.0 Å². The van der Waals surface area contributed by atoms with Crippen LogP contribution in [0.1, 0.15) is 51.4 Å². The summed E-state index contributed by atoms with van der Waals surface area (Å²) in [6.07, 6.45) is 0.668. The van der Waals surface area contributed by atoms with Crippen molar-refractivity contribution in [3.05, 3.63) is 17.5 Å². The molecule has 4 heteroatoms. The Morgan fingerprint density at radius 2 is 2.00 bits per heavy atom. The van der Waals surface area contributed by atoms with Gasteiger partial charge in [-0.05, 0) is 39.2 Å². The molecule has 0 spiro atoms. The number of anilines is 1. The fourth-order valence-corrected chi connectivity index (χ4v) is 1.59. The maximum atomic E-state index is 9.00. The van der Waals surface area contributed by atoms with Crippen molar-refractivity contribution in [2.45, 2.75) is 52.5 Å². The summed E-state index contributed by atoms with van der Waals surface area (Å²) in [6.45, 7) is 10.4. The largest absolute Gasteiger partial charge is 0.396 e. The number of aromatic nitrogens is 2. The van der Waals surface area contributed by atoms with Crippen LogP contribution < -0.4 is 5.32 Å². The zero-order chi connectivity index (χ0) is 13.1. The van der Waals surface area contributed by atoms with Crippen LogP contribution in [0, 0.1) is 6.92 Å². The summed E-state index contributed by atoms with van der Waals surface area (Å²) in [4.78, 5) is 8.88. The van der Waals surface area contributed by atoms with Gasteiger partial charge < -0.3 is 10.4 Å². The maximum Gasteiger partial charge on any atom is 0.223 e. The number of hydrogen-bond donors (Lipinski definition) is 2. The molecule has 0 aromatic carbocycles. The van der Waals surface area contributed by atoms with E-state index in [9.17, 15) is 0 Å². The second kappa shape index (κ2) is 5.45. The monoisotopic (exact) mass is 237 g/mol. The van der Waals surface area contributed by atoms with Crippen LogP contribution in [0.5, 0.6) is 0 Å². The zero-order valence-corrected chi connectivity index (χ0v) is 11.4. The molecule has 4 nitrogen and oxygen atoms in total. The van der Waals surface area contributed by atoms with Crippen molar-refractivity contribution in [1.82, 2.24) is 9.97 Å². The fraction of sp³-hybridized carbons (Fsp3) is 0.692. The van der Waals surface area contributed by atoms with Crippen LogP contribution in [0.3, 0.4) is 0 Å². The first-order chi connectivity index (χ1) is 7.84. The van der Waals surface area contributed by atoms with Crippen LogP contribution in [0.2, 0.25) is 0 Å². The third-order valence-electron chi connectivity index (χ3n) is 2.65. The molecule has 0 aliphatic rings. The Labute approximate surface area is 103 Å². The summed E-state index contributed by atoms with van der Waals surface area (Å²) in [5, 5.41) is 12.3. The van der Waals surface area contributed by atoms with E-state index in [2.05, 4.69) is 29.1 Å². The number of nitrogens with zero attached hydrogens (tertiary/aromatic N) is 2. The average Bonchev–Trinajstić information content (AvgIpc) is 2.15. The number of rotatable bonds is 5. The number of nitrogens with one attached hydrogen (secondary N) is 1. The lowest BCUT2D eigenvalue weighted by molar-refractivity contribution is 0.260. The second-order valence-corrected chi connectivity index (χ2v) is 5.39. The summed E-state index contributed by atoms with van der Waals surface area (Å²) < 4.78 is 0. The molecule has 2 N–H and O–H groups in total. The lowest BCUT2D eigenvalue weighted by atomic mass is 10.0. The van der Waals surface area contributed by atoms with Crippen molar-refractivity contribution in [3.8, 4) is 0 Å². The third kappa shape index (κ3) is 4.30. The quantitative estimate of drug-likeness (QED) is 0.826. The highest BCUT2D eigenvalue weighted by molar-refractivity contribution is 5.32. The van der Waals surface area contributed by atoms with Gasteiger partial charge in [0.05, 0.1) is 0 Å². The Balaban J connectivity index is 2.91. The minimum absolute atomic E-state index is 0.156. The minimum atomic E-state index is -0.198. The predicted molar refractivity (Wildman–Crippen MR) is 70.3 cm³/mol. The molecule has 0 bridgehead atoms. The highest BCUT2D eigenvalue weighted by Gasteiger charge is 2.18. The zero-order valence-electron chi connectivity index (χ0n) is 11.4. The van der Waals surface area contributed by atoms with Crippen LogP contribution in [0.25, 0.3) is 0 Å². The highest BCUT2D eigenvalue weighted by atomic mass is 16.3. The van der Waals surface area contributed by atoms with Crippen molar-refractivity contribution in [1.29, 1.82) is 0 Å². The van der Waals surface area contributed by atoms with Gasteiger partial charge in [0, 0.05) is 23.5 Å². The van der Waals surface area contributed by atoms with Crippen LogP contribution in [0.15, 0.2) is 6.07 Å². The van der Waals surface area contributed by atoms with E-state index in [1.807, 2.05) is 26.8 Å². The normalized spacial score (nSPS) is 11.9. The standard InChI is InChI=1S/C13H23N3O/c1-9(2)11-8-10(3)14-12(15-11)16-13(4,5)6-7-17/h8-9,17H,6-7H2,1-5H3,(H,14,15,16). The van der Waals surface area contributed by atoms with Gasteiger partial charge in [0.15, 0.2) is 0 Å². The summed E-state index contributed by atoms with van der Waals surface area (Å²) >= 11 is 0. The van der Waals surface area contributed by atoms with E-state index < -0.39 is 0 Å². The van der Waals surface area contributed by atoms with Gasteiger partial charge in [0.25, 0.3) is 0 Å². The lowest BCUT2D eigenvalue weighted by Gasteiger charge is -2.25. The van der Waals surface area contributed by atoms with Crippen molar-refractivity contribution < 1.29 is 5.11 Å². The van der Waals surface area contributed by atoms with Crippen LogP contribution in [-0.2, 0) is 0 Å². The summed E-state index contributed by atoms with van der Waals surface area (Å²) in [5.74, 6) is 1.03. The first-order valence-corrected chi connectivity index (χ1v) is 6.08. The molecule has 1 rings (SSSR count). The van der Waals surface area contributed by atoms with Gasteiger partial charge in [-0.3, -0.25) is 0 Å². The smallest absolute Gasteiger partial charge is 0.223 e. The molecule has 1 aromatic heterocycles. The first kappa shape index (κ1) is 13.9. The van der Waals surface area contributed by atoms with Gasteiger partial charge in [-0.25, -0.2) is 9.97 Å². The maximum absolute atomic E-state index is 9.00.